The number of hydroxylamine groups is 3. The summed E-state index contributed by atoms with van der Waals surface area (Å²) in [6.07, 6.45) is 6.26. The predicted octanol–water partition coefficient (Wildman–Crippen LogP) is 7.08. The van der Waals surface area contributed by atoms with E-state index in [1.807, 2.05) is 42.5 Å². The van der Waals surface area contributed by atoms with Gasteiger partial charge in [0.15, 0.2) is 17.9 Å². The number of carbonyl (C=O) groups is 1. The third-order valence-electron chi connectivity index (χ3n) is 8.36. The Morgan fingerprint density at radius 3 is 2.32 bits per heavy atom. The third kappa shape index (κ3) is 5.44. The number of likely N-dealkylation sites (tertiary alicyclic amines) is 1. The van der Waals surface area contributed by atoms with Crippen LogP contribution in [0, 0.1) is 20.8 Å². The highest BCUT2D eigenvalue weighted by Gasteiger charge is 2.46. The van der Waals surface area contributed by atoms with Crippen molar-refractivity contribution in [1.82, 2.24) is 0 Å². The Balaban J connectivity index is 1.38. The molecule has 200 valence electrons. The maximum Gasteiger partial charge on any atom is 0.190 e. The molecule has 2 aliphatic heterocycles. The van der Waals surface area contributed by atoms with Gasteiger partial charge in [0, 0.05) is 24.0 Å². The molecule has 5 heteroatoms. The Kier molecular flexibility index (Phi) is 7.49. The van der Waals surface area contributed by atoms with Gasteiger partial charge in [-0.15, -0.1) is 4.65 Å². The summed E-state index contributed by atoms with van der Waals surface area (Å²) in [4.78, 5) is 17.8. The third-order valence-corrected chi connectivity index (χ3v) is 8.36. The summed E-state index contributed by atoms with van der Waals surface area (Å²) in [6.45, 7) is 12.0. The largest absolute Gasteiger partial charge is 0.488 e. The van der Waals surface area contributed by atoms with Crippen molar-refractivity contribution in [1.29, 1.82) is 0 Å². The monoisotopic (exact) mass is 514 g/mol. The number of hydrogen-bond acceptors (Lipinski definition) is 4. The zero-order valence-electron chi connectivity index (χ0n) is 23.2. The molecule has 0 radical (unpaired) electrons. The van der Waals surface area contributed by atoms with E-state index in [2.05, 4.69) is 39.8 Å². The number of aldehydes is 1. The number of ether oxygens (including phenoxy) is 2. The van der Waals surface area contributed by atoms with Crippen LogP contribution in [0.4, 0.5) is 0 Å². The molecule has 5 nitrogen and oxygen atoms in total. The predicted molar refractivity (Wildman–Crippen MR) is 150 cm³/mol. The Morgan fingerprint density at radius 1 is 0.921 bits per heavy atom. The molecule has 3 aromatic rings. The molecule has 1 atom stereocenters. The van der Waals surface area contributed by atoms with Gasteiger partial charge in [0.2, 0.25) is 0 Å². The van der Waals surface area contributed by atoms with Gasteiger partial charge < -0.3 is 14.3 Å². The summed E-state index contributed by atoms with van der Waals surface area (Å²) < 4.78 is 13.9. The number of rotatable bonds is 8. The number of fused-ring (bicyclic) bond motifs is 1. The zero-order valence-corrected chi connectivity index (χ0v) is 23.2. The first kappa shape index (κ1) is 26.3. The van der Waals surface area contributed by atoms with Crippen LogP contribution in [0.15, 0.2) is 54.6 Å². The fraction of sp³-hybridized carbons (Fsp3) is 0.424. The van der Waals surface area contributed by atoms with Gasteiger partial charge in [-0.05, 0) is 93.5 Å². The molecule has 0 bridgehead atoms. The summed E-state index contributed by atoms with van der Waals surface area (Å²) in [5.41, 5.74) is 6.25. The molecule has 0 amide bonds. The van der Waals surface area contributed by atoms with Crippen molar-refractivity contribution in [2.24, 2.45) is 0 Å². The summed E-state index contributed by atoms with van der Waals surface area (Å²) >= 11 is 0. The minimum absolute atomic E-state index is 0.344. The topological polar surface area (TPSA) is 44.8 Å². The van der Waals surface area contributed by atoms with Crippen molar-refractivity contribution in [2.45, 2.75) is 72.0 Å². The lowest BCUT2D eigenvalue weighted by Gasteiger charge is -2.45. The Morgan fingerprint density at radius 2 is 1.63 bits per heavy atom. The van der Waals surface area contributed by atoms with E-state index >= 15 is 0 Å². The van der Waals surface area contributed by atoms with Crippen LogP contribution in [0.2, 0.25) is 0 Å². The van der Waals surface area contributed by atoms with Gasteiger partial charge in [-0.25, -0.2) is 0 Å². The molecule has 2 heterocycles. The van der Waals surface area contributed by atoms with E-state index in [9.17, 15) is 4.79 Å². The van der Waals surface area contributed by atoms with Gasteiger partial charge in [-0.2, -0.15) is 0 Å². The van der Waals surface area contributed by atoms with Gasteiger partial charge in [-0.1, -0.05) is 30.3 Å². The Hall–Kier alpha value is -3.31. The fourth-order valence-electron chi connectivity index (χ4n) is 6.15. The van der Waals surface area contributed by atoms with E-state index in [1.165, 1.54) is 23.1 Å². The standard InChI is InChI=1S/C33H40NO4/c1-24-25(2)32-30(26(3)31(24)36-22-28-11-7-5-8-12-28)17-18-33(4,37-32)23-34(19-9-6-10-20-34)38-29-15-13-27(21-35)14-16-29/h5,7-8,11-16,21H,6,9-10,17-20,22-23H2,1-4H3/q+1. The van der Waals surface area contributed by atoms with Crippen molar-refractivity contribution in [3.05, 3.63) is 88.0 Å². The maximum atomic E-state index is 11.1. The molecule has 38 heavy (non-hydrogen) atoms. The van der Waals surface area contributed by atoms with Crippen molar-refractivity contribution < 1.29 is 23.8 Å². The lowest BCUT2D eigenvalue weighted by molar-refractivity contribution is -1.08. The molecule has 5 rings (SSSR count). The number of nitrogens with zero attached hydrogens (tertiary/aromatic N) is 1. The minimum Gasteiger partial charge on any atom is -0.488 e. The van der Waals surface area contributed by atoms with Crippen LogP contribution in [0.5, 0.6) is 17.2 Å². The van der Waals surface area contributed by atoms with E-state index in [4.69, 9.17) is 14.3 Å². The molecule has 3 aromatic carbocycles. The molecule has 0 spiro atoms. The second-order valence-corrected chi connectivity index (χ2v) is 11.3. The lowest BCUT2D eigenvalue weighted by atomic mass is 9.86. The highest BCUT2D eigenvalue weighted by atomic mass is 16.7. The van der Waals surface area contributed by atoms with Gasteiger partial charge in [0.25, 0.3) is 0 Å². The zero-order chi connectivity index (χ0) is 26.8. The van der Waals surface area contributed by atoms with Crippen LogP contribution in [-0.2, 0) is 13.0 Å². The van der Waals surface area contributed by atoms with E-state index in [-0.39, 0.29) is 5.60 Å². The maximum absolute atomic E-state index is 11.1. The number of carbonyl (C=O) groups excluding carboxylic acids is 1. The molecule has 0 aromatic heterocycles. The van der Waals surface area contributed by atoms with E-state index < -0.39 is 0 Å². The van der Waals surface area contributed by atoms with E-state index in [1.54, 1.807) is 0 Å². The highest BCUT2D eigenvalue weighted by Crippen LogP contribution is 2.45. The van der Waals surface area contributed by atoms with Crippen LogP contribution in [0.25, 0.3) is 0 Å². The molecule has 1 unspecified atom stereocenters. The summed E-state index contributed by atoms with van der Waals surface area (Å²) in [7, 11) is 0. The molecule has 0 saturated carbocycles. The quantitative estimate of drug-likeness (QED) is 0.238. The van der Waals surface area contributed by atoms with Crippen molar-refractivity contribution >= 4 is 6.29 Å². The molecule has 0 aliphatic carbocycles. The van der Waals surface area contributed by atoms with Crippen molar-refractivity contribution in [2.75, 3.05) is 19.6 Å². The first-order valence-corrected chi connectivity index (χ1v) is 13.9. The van der Waals surface area contributed by atoms with Crippen molar-refractivity contribution in [3.8, 4) is 17.2 Å². The van der Waals surface area contributed by atoms with Crippen LogP contribution in [0.1, 0.15) is 70.8 Å². The first-order valence-electron chi connectivity index (χ1n) is 13.9. The lowest BCUT2D eigenvalue weighted by Crippen LogP contribution is -2.62. The fourth-order valence-corrected chi connectivity index (χ4v) is 6.15. The number of hydrogen-bond donors (Lipinski definition) is 0. The normalized spacial score (nSPS) is 20.2. The summed E-state index contributed by atoms with van der Waals surface area (Å²) in [5, 5.41) is 0. The molecule has 1 fully saturated rings. The number of piperidine rings is 1. The van der Waals surface area contributed by atoms with E-state index in [0.29, 0.717) is 16.8 Å². The number of benzene rings is 3. The van der Waals surface area contributed by atoms with Crippen LogP contribution >= 0.6 is 0 Å². The van der Waals surface area contributed by atoms with Gasteiger partial charge in [0.05, 0.1) is 0 Å². The SMILES string of the molecule is Cc1c(C)c2c(c(C)c1OCc1ccccc1)CCC(C)(C[N+]1(Oc3ccc(C=O)cc3)CCCCC1)O2. The van der Waals surface area contributed by atoms with Crippen LogP contribution in [0.3, 0.4) is 0 Å². The number of quaternary nitrogens is 1. The highest BCUT2D eigenvalue weighted by molar-refractivity contribution is 5.74. The summed E-state index contributed by atoms with van der Waals surface area (Å²) in [5.74, 6) is 2.81. The Labute approximate surface area is 226 Å². The molecule has 2 aliphatic rings. The second kappa shape index (κ2) is 10.8. The smallest absolute Gasteiger partial charge is 0.190 e. The minimum atomic E-state index is -0.344. The second-order valence-electron chi connectivity index (χ2n) is 11.3. The van der Waals surface area contributed by atoms with Crippen LogP contribution < -0.4 is 14.3 Å². The van der Waals surface area contributed by atoms with Gasteiger partial charge in [0.1, 0.15) is 37.5 Å². The molecule has 1 saturated heterocycles. The van der Waals surface area contributed by atoms with Gasteiger partial charge in [-0.3, -0.25) is 4.79 Å². The average Bonchev–Trinajstić information content (AvgIpc) is 2.93. The Bertz CT molecular complexity index is 1280. The van der Waals surface area contributed by atoms with Gasteiger partial charge >= 0.3 is 0 Å². The summed E-state index contributed by atoms with van der Waals surface area (Å²) in [6, 6.07) is 17.8. The van der Waals surface area contributed by atoms with E-state index in [0.717, 1.165) is 80.0 Å². The van der Waals surface area contributed by atoms with Crippen molar-refractivity contribution in [3.63, 3.8) is 0 Å². The average molecular weight is 515 g/mol. The molecular formula is C33H40NO4+. The molecule has 0 N–H and O–H groups in total. The van der Waals surface area contributed by atoms with Crippen LogP contribution in [-0.4, -0.2) is 36.2 Å². The molecular weight excluding hydrogens is 474 g/mol. The first-order chi connectivity index (χ1) is 18.3.